The predicted octanol–water partition coefficient (Wildman–Crippen LogP) is 5.92. The number of aryl methyl sites for hydroxylation is 1. The van der Waals surface area contributed by atoms with E-state index in [1.807, 2.05) is 13.8 Å². The summed E-state index contributed by atoms with van der Waals surface area (Å²) in [6, 6.07) is 10.9. The van der Waals surface area contributed by atoms with E-state index < -0.39 is 23.5 Å². The van der Waals surface area contributed by atoms with Crippen molar-refractivity contribution < 1.29 is 38.0 Å². The molecule has 1 aliphatic heterocycles. The normalized spacial score (nSPS) is 16.4. The van der Waals surface area contributed by atoms with Crippen molar-refractivity contribution in [1.82, 2.24) is 0 Å². The summed E-state index contributed by atoms with van der Waals surface area (Å²) in [7, 11) is 5.93. The van der Waals surface area contributed by atoms with E-state index in [2.05, 4.69) is 0 Å². The van der Waals surface area contributed by atoms with E-state index in [1.165, 1.54) is 50.5 Å². The van der Waals surface area contributed by atoms with Crippen LogP contribution in [0.1, 0.15) is 48.1 Å². The van der Waals surface area contributed by atoms with Crippen molar-refractivity contribution in [3.05, 3.63) is 82.2 Å². The second-order valence-electron chi connectivity index (χ2n) is 9.67. The highest BCUT2D eigenvalue weighted by Gasteiger charge is 2.47. The molecule has 0 spiro atoms. The SMILES string of the molecule is COc1cc(C)c(/C(O)=C2\C(=O)C(=O)N(c3ccc(F)cc3)C2c2cc(OC)c(OC)c(OC)c2)cc1C(C)C. The Balaban J connectivity index is 2.05. The lowest BCUT2D eigenvalue weighted by Gasteiger charge is -2.27. The number of hydrogen-bond donors (Lipinski definition) is 1. The van der Waals surface area contributed by atoms with Crippen LogP contribution in [0.25, 0.3) is 5.76 Å². The summed E-state index contributed by atoms with van der Waals surface area (Å²) in [5.41, 5.74) is 2.41. The van der Waals surface area contributed by atoms with Gasteiger partial charge in [-0.1, -0.05) is 13.8 Å². The first-order valence-corrected chi connectivity index (χ1v) is 12.6. The molecule has 3 aromatic carbocycles. The van der Waals surface area contributed by atoms with Gasteiger partial charge in [0, 0.05) is 11.3 Å². The van der Waals surface area contributed by atoms with Crippen LogP contribution in [0.2, 0.25) is 0 Å². The highest BCUT2D eigenvalue weighted by molar-refractivity contribution is 6.51. The maximum absolute atomic E-state index is 13.8. The zero-order valence-electron chi connectivity index (χ0n) is 23.5. The number of aliphatic hydroxyl groups is 1. The van der Waals surface area contributed by atoms with Crippen LogP contribution in [0.4, 0.5) is 10.1 Å². The van der Waals surface area contributed by atoms with Crippen molar-refractivity contribution in [2.24, 2.45) is 0 Å². The van der Waals surface area contributed by atoms with Gasteiger partial charge in [0.2, 0.25) is 5.75 Å². The number of carbonyl (C=O) groups excluding carboxylic acids is 2. The molecule has 1 saturated heterocycles. The number of amides is 1. The minimum atomic E-state index is -1.09. The number of halogens is 1. The summed E-state index contributed by atoms with van der Waals surface area (Å²) in [5.74, 6) is -0.993. The van der Waals surface area contributed by atoms with Crippen LogP contribution in [-0.4, -0.2) is 45.2 Å². The van der Waals surface area contributed by atoms with E-state index in [0.29, 0.717) is 39.7 Å². The van der Waals surface area contributed by atoms with Crippen LogP contribution < -0.4 is 23.8 Å². The van der Waals surface area contributed by atoms with Crippen LogP contribution in [0.5, 0.6) is 23.0 Å². The van der Waals surface area contributed by atoms with E-state index >= 15 is 0 Å². The molecule has 0 bridgehead atoms. The highest BCUT2D eigenvalue weighted by atomic mass is 19.1. The molecule has 1 atom stereocenters. The highest BCUT2D eigenvalue weighted by Crippen LogP contribution is 2.47. The molecule has 8 nitrogen and oxygen atoms in total. The van der Waals surface area contributed by atoms with Crippen molar-refractivity contribution in [3.8, 4) is 23.0 Å². The molecule has 40 heavy (non-hydrogen) atoms. The van der Waals surface area contributed by atoms with Gasteiger partial charge in [-0.3, -0.25) is 14.5 Å². The second kappa shape index (κ2) is 11.3. The Morgan fingerprint density at radius 3 is 1.95 bits per heavy atom. The van der Waals surface area contributed by atoms with Gasteiger partial charge in [-0.25, -0.2) is 4.39 Å². The number of carbonyl (C=O) groups is 2. The third-order valence-corrected chi connectivity index (χ3v) is 7.01. The molecule has 0 saturated carbocycles. The van der Waals surface area contributed by atoms with Crippen molar-refractivity contribution in [1.29, 1.82) is 0 Å². The van der Waals surface area contributed by atoms with Gasteiger partial charge >= 0.3 is 0 Å². The van der Waals surface area contributed by atoms with Crippen LogP contribution in [0, 0.1) is 12.7 Å². The second-order valence-corrected chi connectivity index (χ2v) is 9.67. The van der Waals surface area contributed by atoms with E-state index in [9.17, 15) is 19.1 Å². The molecule has 1 aliphatic rings. The number of nitrogens with zero attached hydrogens (tertiary/aromatic N) is 1. The molecular formula is C31H32FNO7. The minimum Gasteiger partial charge on any atom is -0.507 e. The van der Waals surface area contributed by atoms with E-state index in [1.54, 1.807) is 38.3 Å². The largest absolute Gasteiger partial charge is 0.507 e. The average Bonchev–Trinajstić information content (AvgIpc) is 3.21. The third kappa shape index (κ3) is 4.83. The summed E-state index contributed by atoms with van der Waals surface area (Å²) < 4.78 is 35.8. The van der Waals surface area contributed by atoms with Gasteiger partial charge in [0.05, 0.1) is 40.1 Å². The van der Waals surface area contributed by atoms with Crippen molar-refractivity contribution in [2.75, 3.05) is 33.3 Å². The molecule has 0 radical (unpaired) electrons. The zero-order chi connectivity index (χ0) is 29.3. The van der Waals surface area contributed by atoms with Gasteiger partial charge in [0.25, 0.3) is 11.7 Å². The molecule has 1 unspecified atom stereocenters. The first kappa shape index (κ1) is 28.5. The fourth-order valence-corrected chi connectivity index (χ4v) is 5.00. The van der Waals surface area contributed by atoms with Gasteiger partial charge < -0.3 is 24.1 Å². The topological polar surface area (TPSA) is 94.5 Å². The van der Waals surface area contributed by atoms with Crippen LogP contribution in [0.15, 0.2) is 54.1 Å². The van der Waals surface area contributed by atoms with Crippen molar-refractivity contribution >= 4 is 23.1 Å². The summed E-state index contributed by atoms with van der Waals surface area (Å²) in [6.07, 6.45) is 0. The number of ether oxygens (including phenoxy) is 4. The molecule has 0 aromatic heterocycles. The number of rotatable bonds is 8. The summed E-state index contributed by atoms with van der Waals surface area (Å²) in [5, 5.41) is 11.7. The first-order chi connectivity index (χ1) is 19.1. The third-order valence-electron chi connectivity index (χ3n) is 7.01. The Bertz CT molecular complexity index is 1470. The Morgan fingerprint density at radius 2 is 1.45 bits per heavy atom. The number of methoxy groups -OCH3 is 4. The van der Waals surface area contributed by atoms with Crippen molar-refractivity contribution in [2.45, 2.75) is 32.7 Å². The Hall–Kier alpha value is -4.53. The summed E-state index contributed by atoms with van der Waals surface area (Å²) in [6.45, 7) is 5.76. The lowest BCUT2D eigenvalue weighted by Crippen LogP contribution is -2.29. The smallest absolute Gasteiger partial charge is 0.300 e. The number of benzene rings is 3. The Morgan fingerprint density at radius 1 is 0.875 bits per heavy atom. The summed E-state index contributed by atoms with van der Waals surface area (Å²) >= 11 is 0. The number of hydrogen-bond acceptors (Lipinski definition) is 7. The molecule has 0 aliphatic carbocycles. The number of aliphatic hydroxyl groups excluding tert-OH is 1. The van der Waals surface area contributed by atoms with E-state index in [0.717, 1.165) is 5.56 Å². The average molecular weight is 550 g/mol. The Kier molecular flexibility index (Phi) is 8.04. The zero-order valence-corrected chi connectivity index (χ0v) is 23.5. The van der Waals surface area contributed by atoms with Crippen LogP contribution in [-0.2, 0) is 9.59 Å². The molecule has 1 N–H and O–H groups in total. The molecule has 9 heteroatoms. The first-order valence-electron chi connectivity index (χ1n) is 12.6. The van der Waals surface area contributed by atoms with E-state index in [-0.39, 0.29) is 22.9 Å². The van der Waals surface area contributed by atoms with Crippen molar-refractivity contribution in [3.63, 3.8) is 0 Å². The fraction of sp³-hybridized carbons (Fsp3) is 0.290. The maximum Gasteiger partial charge on any atom is 0.300 e. The molecular weight excluding hydrogens is 517 g/mol. The van der Waals surface area contributed by atoms with E-state index in [4.69, 9.17) is 18.9 Å². The molecule has 210 valence electrons. The lowest BCUT2D eigenvalue weighted by molar-refractivity contribution is -0.132. The Labute approximate surface area is 232 Å². The lowest BCUT2D eigenvalue weighted by atomic mass is 9.90. The standard InChI is InChI=1S/C31H32FNO7/c1-16(2)21-15-22(17(3)12-23(21)37-4)28(34)26-27(18-13-24(38-5)30(40-7)25(14-18)39-6)33(31(36)29(26)35)20-10-8-19(32)9-11-20/h8-16,27,34H,1-7H3/b28-26+. The number of Topliss-reactive ketones (excluding diaryl/α,β-unsaturated/α-hetero) is 1. The maximum atomic E-state index is 13.8. The van der Waals surface area contributed by atoms with Gasteiger partial charge in [0.15, 0.2) is 11.5 Å². The number of anilines is 1. The molecule has 1 fully saturated rings. The predicted molar refractivity (Wildman–Crippen MR) is 149 cm³/mol. The minimum absolute atomic E-state index is 0.0506. The number of ketones is 1. The van der Waals surface area contributed by atoms with Gasteiger partial charge in [-0.15, -0.1) is 0 Å². The molecule has 1 heterocycles. The molecule has 1 amide bonds. The fourth-order valence-electron chi connectivity index (χ4n) is 5.00. The quantitative estimate of drug-likeness (QED) is 0.212. The molecule has 4 rings (SSSR count). The van der Waals surface area contributed by atoms with Gasteiger partial charge in [0.1, 0.15) is 17.3 Å². The van der Waals surface area contributed by atoms with Gasteiger partial charge in [-0.2, -0.15) is 0 Å². The molecule has 3 aromatic rings. The van der Waals surface area contributed by atoms with Gasteiger partial charge in [-0.05, 0) is 78.1 Å². The monoisotopic (exact) mass is 549 g/mol. The summed E-state index contributed by atoms with van der Waals surface area (Å²) in [4.78, 5) is 28.4. The van der Waals surface area contributed by atoms with Crippen LogP contribution in [0.3, 0.4) is 0 Å². The van der Waals surface area contributed by atoms with Crippen LogP contribution >= 0.6 is 0 Å².